The van der Waals surface area contributed by atoms with Crippen molar-refractivity contribution in [2.24, 2.45) is 0 Å². The van der Waals surface area contributed by atoms with Crippen molar-refractivity contribution >= 4 is 28.1 Å². The van der Waals surface area contributed by atoms with Gasteiger partial charge in [-0.25, -0.2) is 18.3 Å². The Balaban J connectivity index is 1.45. The number of hydrogen-bond acceptors (Lipinski definition) is 5. The van der Waals surface area contributed by atoms with Crippen LogP contribution in [0, 0.1) is 11.6 Å². The largest absolute Gasteiger partial charge is 0.492 e. The van der Waals surface area contributed by atoms with Gasteiger partial charge in [-0.3, -0.25) is 0 Å². The van der Waals surface area contributed by atoms with Crippen LogP contribution in [0.5, 0.6) is 5.75 Å². The van der Waals surface area contributed by atoms with Gasteiger partial charge in [0.15, 0.2) is 6.23 Å². The minimum Gasteiger partial charge on any atom is -0.492 e. The van der Waals surface area contributed by atoms with Crippen LogP contribution in [0.3, 0.4) is 0 Å². The van der Waals surface area contributed by atoms with E-state index in [4.69, 9.17) is 14.2 Å². The third-order valence-electron chi connectivity index (χ3n) is 7.36. The summed E-state index contributed by atoms with van der Waals surface area (Å²) in [5.74, 6) is -0.630. The Labute approximate surface area is 256 Å². The zero-order valence-electron chi connectivity index (χ0n) is 25.7. The first kappa shape index (κ1) is 31.2. The number of benzene rings is 3. The molecule has 1 unspecified atom stereocenters. The van der Waals surface area contributed by atoms with Crippen LogP contribution in [-0.4, -0.2) is 41.2 Å². The minimum atomic E-state index is -0.627. The third-order valence-corrected chi connectivity index (χ3v) is 7.36. The fourth-order valence-corrected chi connectivity index (χ4v) is 5.48. The Morgan fingerprint density at radius 2 is 1.73 bits per heavy atom. The van der Waals surface area contributed by atoms with Gasteiger partial charge in [0, 0.05) is 18.1 Å². The SMILES string of the molecule is CC/C(=C(/c1ccc(OCCNC(=O)OC(C)(C)C)cc1)c1ccc2c(cnn2C2CCCCO2)c1)c1cc(F)cc(F)c1. The molecule has 0 saturated carbocycles. The van der Waals surface area contributed by atoms with E-state index in [9.17, 15) is 13.6 Å². The number of hydrogen-bond donors (Lipinski definition) is 1. The molecule has 1 aliphatic rings. The van der Waals surface area contributed by atoms with Crippen LogP contribution in [-0.2, 0) is 9.47 Å². The van der Waals surface area contributed by atoms with Crippen molar-refractivity contribution < 1.29 is 27.8 Å². The van der Waals surface area contributed by atoms with Crippen LogP contribution in [0.15, 0.2) is 66.9 Å². The Morgan fingerprint density at radius 3 is 2.39 bits per heavy atom. The van der Waals surface area contributed by atoms with E-state index in [0.29, 0.717) is 17.7 Å². The summed E-state index contributed by atoms with van der Waals surface area (Å²) < 4.78 is 47.8. The Hall–Kier alpha value is -4.24. The van der Waals surface area contributed by atoms with E-state index >= 15 is 0 Å². The lowest BCUT2D eigenvalue weighted by Crippen LogP contribution is -2.34. The fourth-order valence-electron chi connectivity index (χ4n) is 5.48. The molecule has 4 aromatic rings. The van der Waals surface area contributed by atoms with E-state index in [2.05, 4.69) is 16.5 Å². The van der Waals surface area contributed by atoms with Crippen LogP contribution >= 0.6 is 0 Å². The van der Waals surface area contributed by atoms with Gasteiger partial charge in [-0.15, -0.1) is 0 Å². The molecule has 1 fully saturated rings. The molecule has 1 N–H and O–H groups in total. The molecule has 232 valence electrons. The van der Waals surface area contributed by atoms with Crippen LogP contribution in [0.2, 0.25) is 0 Å². The lowest BCUT2D eigenvalue weighted by Gasteiger charge is -2.23. The highest BCUT2D eigenvalue weighted by Crippen LogP contribution is 2.37. The number of rotatable bonds is 9. The predicted octanol–water partition coefficient (Wildman–Crippen LogP) is 8.29. The van der Waals surface area contributed by atoms with Gasteiger partial charge in [-0.05, 0) is 111 Å². The normalized spacial score (nSPS) is 16.0. The topological polar surface area (TPSA) is 74.6 Å². The van der Waals surface area contributed by atoms with Crippen molar-refractivity contribution in [2.45, 2.75) is 65.2 Å². The average molecular weight is 604 g/mol. The number of nitrogens with zero attached hydrogens (tertiary/aromatic N) is 2. The van der Waals surface area contributed by atoms with Gasteiger partial charge in [-0.2, -0.15) is 5.10 Å². The van der Waals surface area contributed by atoms with E-state index in [0.717, 1.165) is 65.1 Å². The second-order valence-corrected chi connectivity index (χ2v) is 11.9. The fraction of sp³-hybridized carbons (Fsp3) is 0.371. The molecule has 1 saturated heterocycles. The summed E-state index contributed by atoms with van der Waals surface area (Å²) >= 11 is 0. The van der Waals surface area contributed by atoms with Crippen molar-refractivity contribution in [1.29, 1.82) is 0 Å². The van der Waals surface area contributed by atoms with E-state index in [1.165, 1.54) is 12.1 Å². The van der Waals surface area contributed by atoms with E-state index in [-0.39, 0.29) is 19.4 Å². The molecule has 9 heteroatoms. The average Bonchev–Trinajstić information content (AvgIpc) is 3.41. The molecule has 3 aromatic carbocycles. The van der Waals surface area contributed by atoms with Crippen LogP contribution < -0.4 is 10.1 Å². The number of amides is 1. The zero-order valence-corrected chi connectivity index (χ0v) is 25.7. The number of carbonyl (C=O) groups is 1. The maximum Gasteiger partial charge on any atom is 0.407 e. The van der Waals surface area contributed by atoms with E-state index in [1.807, 2.05) is 54.2 Å². The van der Waals surface area contributed by atoms with Crippen LogP contribution in [0.4, 0.5) is 13.6 Å². The van der Waals surface area contributed by atoms with Gasteiger partial charge in [0.05, 0.1) is 18.3 Å². The summed E-state index contributed by atoms with van der Waals surface area (Å²) in [6.45, 7) is 8.66. The molecule has 1 aromatic heterocycles. The Bertz CT molecular complexity index is 1610. The first-order valence-electron chi connectivity index (χ1n) is 15.1. The Morgan fingerprint density at radius 1 is 1.00 bits per heavy atom. The minimum absolute atomic E-state index is 0.0875. The van der Waals surface area contributed by atoms with E-state index in [1.54, 1.807) is 20.8 Å². The monoisotopic (exact) mass is 603 g/mol. The summed E-state index contributed by atoms with van der Waals surface area (Å²) in [4.78, 5) is 11.9. The number of aromatic nitrogens is 2. The van der Waals surface area contributed by atoms with Gasteiger partial charge in [0.25, 0.3) is 0 Å². The zero-order chi connectivity index (χ0) is 31.3. The highest BCUT2D eigenvalue weighted by atomic mass is 19.1. The molecule has 7 nitrogen and oxygen atoms in total. The van der Waals surface area contributed by atoms with Crippen LogP contribution in [0.25, 0.3) is 22.0 Å². The van der Waals surface area contributed by atoms with Gasteiger partial charge >= 0.3 is 6.09 Å². The molecule has 0 spiro atoms. The number of allylic oxidation sites excluding steroid dienone is 1. The highest BCUT2D eigenvalue weighted by Gasteiger charge is 2.21. The van der Waals surface area contributed by atoms with Gasteiger partial charge in [0.2, 0.25) is 0 Å². The van der Waals surface area contributed by atoms with Gasteiger partial charge < -0.3 is 19.5 Å². The number of alkyl carbamates (subject to hydrolysis) is 1. The first-order valence-corrected chi connectivity index (χ1v) is 15.1. The smallest absolute Gasteiger partial charge is 0.407 e. The molecule has 1 aliphatic heterocycles. The maximum absolute atomic E-state index is 14.4. The lowest BCUT2D eigenvalue weighted by atomic mass is 9.87. The molecule has 1 amide bonds. The molecule has 0 bridgehead atoms. The van der Waals surface area contributed by atoms with Crippen molar-refractivity contribution in [3.05, 3.63) is 95.2 Å². The predicted molar refractivity (Wildman–Crippen MR) is 167 cm³/mol. The number of nitrogens with one attached hydrogen (secondary N) is 1. The summed E-state index contributed by atoms with van der Waals surface area (Å²) in [6.07, 6.45) is 4.86. The summed E-state index contributed by atoms with van der Waals surface area (Å²) in [5, 5.41) is 8.27. The lowest BCUT2D eigenvalue weighted by molar-refractivity contribution is -0.0366. The standard InChI is InChI=1S/C35H39F2N3O4/c1-5-30(25-19-27(36)21-28(37)20-25)33(23-9-12-29(13-10-23)42-17-15-38-34(41)44-35(2,3)4)24-11-14-31-26(18-24)22-39-40(31)32-8-6-7-16-43-32/h9-14,18-22,32H,5-8,15-17H2,1-4H3,(H,38,41)/b33-30+. The van der Waals surface area contributed by atoms with E-state index < -0.39 is 23.3 Å². The molecule has 5 rings (SSSR count). The molecule has 2 heterocycles. The molecular formula is C35H39F2N3O4. The number of fused-ring (bicyclic) bond motifs is 1. The van der Waals surface area contributed by atoms with Gasteiger partial charge in [-0.1, -0.05) is 25.1 Å². The summed E-state index contributed by atoms with van der Waals surface area (Å²) in [7, 11) is 0. The highest BCUT2D eigenvalue weighted by molar-refractivity contribution is 6.00. The van der Waals surface area contributed by atoms with Crippen LogP contribution in [0.1, 0.15) is 76.3 Å². The number of carbonyl (C=O) groups excluding carboxylic acids is 1. The first-order chi connectivity index (χ1) is 21.1. The molecule has 0 radical (unpaired) electrons. The second-order valence-electron chi connectivity index (χ2n) is 11.9. The summed E-state index contributed by atoms with van der Waals surface area (Å²) in [6, 6.07) is 17.3. The maximum atomic E-state index is 14.4. The van der Waals surface area contributed by atoms with Gasteiger partial charge in [0.1, 0.15) is 29.6 Å². The number of halogens is 2. The Kier molecular flexibility index (Phi) is 9.64. The number of ether oxygens (including phenoxy) is 3. The van der Waals surface area contributed by atoms with Crippen molar-refractivity contribution in [2.75, 3.05) is 19.8 Å². The third kappa shape index (κ3) is 7.63. The molecule has 1 atom stereocenters. The summed E-state index contributed by atoms with van der Waals surface area (Å²) in [5.41, 5.74) is 4.32. The van der Waals surface area contributed by atoms with Crippen molar-refractivity contribution in [3.8, 4) is 5.75 Å². The second kappa shape index (κ2) is 13.6. The van der Waals surface area contributed by atoms with Crippen molar-refractivity contribution in [1.82, 2.24) is 15.1 Å². The molecule has 44 heavy (non-hydrogen) atoms. The van der Waals surface area contributed by atoms with Crippen molar-refractivity contribution in [3.63, 3.8) is 0 Å². The molecular weight excluding hydrogens is 564 g/mol. The quantitative estimate of drug-likeness (QED) is 0.154. The molecule has 0 aliphatic carbocycles.